The molecule has 2 aromatic rings. The second kappa shape index (κ2) is 9.91. The third-order valence-electron chi connectivity index (χ3n) is 4.75. The van der Waals surface area contributed by atoms with Crippen molar-refractivity contribution < 1.29 is 14.3 Å². The fourth-order valence-electron chi connectivity index (χ4n) is 3.17. The number of carbonyl (C=O) groups is 2. The number of ether oxygens (including phenoxy) is 1. The standard InChI is InChI=1S/C23H24N2O3S2/c1-4-24(5-2)18-11-7-16(8-12-18)15-20-21(26)25(23(29)30-20)19-13-9-17(10-14-19)22(27)28-6-3/h7-15H,4-6H2,1-3H3/b20-15-. The highest BCUT2D eigenvalue weighted by atomic mass is 32.2. The number of hydrogen-bond acceptors (Lipinski definition) is 6. The second-order valence-corrected chi connectivity index (χ2v) is 8.22. The molecule has 0 unspecified atom stereocenters. The summed E-state index contributed by atoms with van der Waals surface area (Å²) < 4.78 is 5.46. The van der Waals surface area contributed by atoms with E-state index in [1.807, 2.05) is 18.2 Å². The Bertz CT molecular complexity index is 965. The molecule has 0 N–H and O–H groups in total. The summed E-state index contributed by atoms with van der Waals surface area (Å²) in [6.07, 6.45) is 1.86. The minimum atomic E-state index is -0.387. The zero-order valence-corrected chi connectivity index (χ0v) is 18.9. The number of benzene rings is 2. The summed E-state index contributed by atoms with van der Waals surface area (Å²) in [5.41, 5.74) is 3.18. The van der Waals surface area contributed by atoms with Gasteiger partial charge in [0.05, 0.1) is 22.8 Å². The van der Waals surface area contributed by atoms with E-state index < -0.39 is 0 Å². The highest BCUT2D eigenvalue weighted by molar-refractivity contribution is 8.27. The van der Waals surface area contributed by atoms with Crippen LogP contribution in [0.2, 0.25) is 0 Å². The molecule has 1 fully saturated rings. The van der Waals surface area contributed by atoms with Gasteiger partial charge in [-0.25, -0.2) is 4.79 Å². The molecule has 1 heterocycles. The largest absolute Gasteiger partial charge is 0.462 e. The molecule has 30 heavy (non-hydrogen) atoms. The highest BCUT2D eigenvalue weighted by Gasteiger charge is 2.33. The molecule has 3 rings (SSSR count). The average Bonchev–Trinajstić information content (AvgIpc) is 3.03. The van der Waals surface area contributed by atoms with Crippen LogP contribution in [0.25, 0.3) is 6.08 Å². The minimum absolute atomic E-state index is 0.165. The van der Waals surface area contributed by atoms with Crippen molar-refractivity contribution in [1.29, 1.82) is 0 Å². The number of hydrogen-bond donors (Lipinski definition) is 0. The smallest absolute Gasteiger partial charge is 0.338 e. The van der Waals surface area contributed by atoms with Crippen molar-refractivity contribution in [2.75, 3.05) is 29.5 Å². The first-order chi connectivity index (χ1) is 14.5. The molecule has 156 valence electrons. The van der Waals surface area contributed by atoms with Crippen LogP contribution in [0.4, 0.5) is 11.4 Å². The molecule has 1 aliphatic heterocycles. The van der Waals surface area contributed by atoms with Gasteiger partial charge in [-0.05, 0) is 68.8 Å². The Kier molecular flexibility index (Phi) is 7.29. The van der Waals surface area contributed by atoms with Crippen LogP contribution >= 0.6 is 24.0 Å². The van der Waals surface area contributed by atoms with E-state index in [4.69, 9.17) is 17.0 Å². The lowest BCUT2D eigenvalue weighted by molar-refractivity contribution is -0.113. The molecule has 0 aromatic heterocycles. The lowest BCUT2D eigenvalue weighted by Gasteiger charge is -2.20. The maximum absolute atomic E-state index is 13.0. The van der Waals surface area contributed by atoms with Crippen LogP contribution in [0.5, 0.6) is 0 Å². The van der Waals surface area contributed by atoms with Gasteiger partial charge in [-0.3, -0.25) is 9.69 Å². The van der Waals surface area contributed by atoms with E-state index in [0.29, 0.717) is 27.1 Å². The first-order valence-electron chi connectivity index (χ1n) is 9.88. The number of thiocarbonyl (C=S) groups is 1. The van der Waals surface area contributed by atoms with Gasteiger partial charge in [0, 0.05) is 18.8 Å². The van der Waals surface area contributed by atoms with Gasteiger partial charge in [-0.15, -0.1) is 0 Å². The minimum Gasteiger partial charge on any atom is -0.462 e. The van der Waals surface area contributed by atoms with Crippen molar-refractivity contribution in [2.24, 2.45) is 0 Å². The molecule has 0 saturated carbocycles. The van der Waals surface area contributed by atoms with Crippen molar-refractivity contribution >= 4 is 57.6 Å². The lowest BCUT2D eigenvalue weighted by Crippen LogP contribution is -2.27. The summed E-state index contributed by atoms with van der Waals surface area (Å²) in [7, 11) is 0. The Labute approximate surface area is 186 Å². The van der Waals surface area contributed by atoms with Gasteiger partial charge in [0.15, 0.2) is 4.32 Å². The molecule has 0 spiro atoms. The van der Waals surface area contributed by atoms with Crippen molar-refractivity contribution in [3.05, 3.63) is 64.6 Å². The monoisotopic (exact) mass is 440 g/mol. The van der Waals surface area contributed by atoms with Crippen molar-refractivity contribution in [3.63, 3.8) is 0 Å². The van der Waals surface area contributed by atoms with E-state index in [9.17, 15) is 9.59 Å². The first-order valence-corrected chi connectivity index (χ1v) is 11.1. The zero-order valence-electron chi connectivity index (χ0n) is 17.3. The van der Waals surface area contributed by atoms with Gasteiger partial charge in [0.1, 0.15) is 0 Å². The molecule has 1 aliphatic rings. The Morgan fingerprint density at radius 3 is 2.27 bits per heavy atom. The Morgan fingerprint density at radius 2 is 1.70 bits per heavy atom. The Morgan fingerprint density at radius 1 is 1.07 bits per heavy atom. The van der Waals surface area contributed by atoms with Crippen LogP contribution in [0, 0.1) is 0 Å². The zero-order chi connectivity index (χ0) is 21.7. The number of thioether (sulfide) groups is 1. The molecular weight excluding hydrogens is 416 g/mol. The number of amides is 1. The molecular formula is C23H24N2O3S2. The topological polar surface area (TPSA) is 49.9 Å². The van der Waals surface area contributed by atoms with Gasteiger partial charge in [-0.2, -0.15) is 0 Å². The summed E-state index contributed by atoms with van der Waals surface area (Å²) in [4.78, 5) is 29.1. The van der Waals surface area contributed by atoms with E-state index in [-0.39, 0.29) is 11.9 Å². The molecule has 0 radical (unpaired) electrons. The van der Waals surface area contributed by atoms with Crippen molar-refractivity contribution in [2.45, 2.75) is 20.8 Å². The van der Waals surface area contributed by atoms with Crippen LogP contribution in [0.15, 0.2) is 53.4 Å². The van der Waals surface area contributed by atoms with Crippen molar-refractivity contribution in [3.8, 4) is 0 Å². The predicted molar refractivity (Wildman–Crippen MR) is 128 cm³/mol. The van der Waals surface area contributed by atoms with Crippen LogP contribution in [-0.4, -0.2) is 35.9 Å². The molecule has 0 aliphatic carbocycles. The quantitative estimate of drug-likeness (QED) is 0.339. The number of esters is 1. The van der Waals surface area contributed by atoms with Crippen LogP contribution in [0.3, 0.4) is 0 Å². The van der Waals surface area contributed by atoms with Gasteiger partial charge >= 0.3 is 5.97 Å². The van der Waals surface area contributed by atoms with E-state index in [1.165, 1.54) is 16.7 Å². The first kappa shape index (κ1) is 22.1. The summed E-state index contributed by atoms with van der Waals surface area (Å²) >= 11 is 6.71. The maximum Gasteiger partial charge on any atom is 0.338 e. The Hall–Kier alpha value is -2.64. The highest BCUT2D eigenvalue weighted by Crippen LogP contribution is 2.36. The SMILES string of the molecule is CCOC(=O)c1ccc(N2C(=O)/C(=C/c3ccc(N(CC)CC)cc3)SC2=S)cc1. The van der Waals surface area contributed by atoms with Gasteiger partial charge in [-0.1, -0.05) is 36.1 Å². The summed E-state index contributed by atoms with van der Waals surface area (Å²) in [5, 5.41) is 0. The molecule has 2 aromatic carbocycles. The van der Waals surface area contributed by atoms with Crippen LogP contribution < -0.4 is 9.80 Å². The summed E-state index contributed by atoms with van der Waals surface area (Å²) in [5.74, 6) is -0.552. The number of nitrogens with zero attached hydrogens (tertiary/aromatic N) is 2. The molecule has 5 nitrogen and oxygen atoms in total. The van der Waals surface area contributed by atoms with Gasteiger partial charge in [0.2, 0.25) is 0 Å². The van der Waals surface area contributed by atoms with Crippen molar-refractivity contribution in [1.82, 2.24) is 0 Å². The fraction of sp³-hybridized carbons (Fsp3) is 0.261. The lowest BCUT2D eigenvalue weighted by atomic mass is 10.1. The Balaban J connectivity index is 1.78. The number of anilines is 2. The second-order valence-electron chi connectivity index (χ2n) is 6.55. The van der Waals surface area contributed by atoms with Crippen LogP contribution in [0.1, 0.15) is 36.7 Å². The fourth-order valence-corrected chi connectivity index (χ4v) is 4.47. The van der Waals surface area contributed by atoms with E-state index in [1.54, 1.807) is 31.2 Å². The van der Waals surface area contributed by atoms with Crippen LogP contribution in [-0.2, 0) is 9.53 Å². The molecule has 0 bridgehead atoms. The van der Waals surface area contributed by atoms with Gasteiger partial charge in [0.25, 0.3) is 5.91 Å². The third-order valence-corrected chi connectivity index (χ3v) is 6.05. The molecule has 1 amide bonds. The molecule has 0 atom stereocenters. The average molecular weight is 441 g/mol. The van der Waals surface area contributed by atoms with Gasteiger partial charge < -0.3 is 9.64 Å². The molecule has 1 saturated heterocycles. The number of carbonyl (C=O) groups excluding carboxylic acids is 2. The summed E-state index contributed by atoms with van der Waals surface area (Å²) in [6.45, 7) is 8.22. The normalized spacial score (nSPS) is 15.0. The maximum atomic E-state index is 13.0. The predicted octanol–water partition coefficient (Wildman–Crippen LogP) is 5.12. The third kappa shape index (κ3) is 4.74. The van der Waals surface area contributed by atoms with E-state index >= 15 is 0 Å². The van der Waals surface area contributed by atoms with E-state index in [2.05, 4.69) is 30.9 Å². The molecule has 7 heteroatoms. The number of rotatable bonds is 7. The summed E-state index contributed by atoms with van der Waals surface area (Å²) in [6, 6.07) is 14.8. The van der Waals surface area contributed by atoms with E-state index in [0.717, 1.165) is 24.3 Å².